The molecule has 2 aliphatic heterocycles. The fourth-order valence-corrected chi connectivity index (χ4v) is 5.86. The third kappa shape index (κ3) is 4.70. The highest BCUT2D eigenvalue weighted by atomic mass is 16.5. The van der Waals surface area contributed by atoms with Gasteiger partial charge in [0.1, 0.15) is 24.3 Å². The highest BCUT2D eigenvalue weighted by Crippen LogP contribution is 2.46. The summed E-state index contributed by atoms with van der Waals surface area (Å²) in [6.07, 6.45) is 3.35. The summed E-state index contributed by atoms with van der Waals surface area (Å²) in [6, 6.07) is 37.0. The molecule has 0 saturated heterocycles. The zero-order valence-electron chi connectivity index (χ0n) is 23.5. The first-order valence-electron chi connectivity index (χ1n) is 14.1. The van der Waals surface area contributed by atoms with Crippen LogP contribution >= 0.6 is 0 Å². The van der Waals surface area contributed by atoms with Gasteiger partial charge in [-0.2, -0.15) is 0 Å². The van der Waals surface area contributed by atoms with Crippen molar-refractivity contribution in [2.75, 3.05) is 0 Å². The number of hydrogen-bond acceptors (Lipinski definition) is 4. The van der Waals surface area contributed by atoms with Crippen molar-refractivity contribution >= 4 is 23.9 Å². The van der Waals surface area contributed by atoms with Crippen LogP contribution in [-0.2, 0) is 14.9 Å². The molecular formula is C37H34N2O2. The van der Waals surface area contributed by atoms with Crippen LogP contribution in [0.3, 0.4) is 0 Å². The molecular weight excluding hydrogens is 504 g/mol. The summed E-state index contributed by atoms with van der Waals surface area (Å²) in [7, 11) is 0. The Balaban J connectivity index is 1.62. The zero-order valence-corrected chi connectivity index (χ0v) is 23.5. The molecule has 4 heteroatoms. The fraction of sp³-hybridized carbons (Fsp3) is 0.189. The van der Waals surface area contributed by atoms with Gasteiger partial charge in [0.25, 0.3) is 0 Å². The summed E-state index contributed by atoms with van der Waals surface area (Å²) in [5.74, 6) is 1.16. The normalized spacial score (nSPS) is 21.8. The van der Waals surface area contributed by atoms with Gasteiger partial charge in [0.2, 0.25) is 11.8 Å². The van der Waals surface area contributed by atoms with Gasteiger partial charge < -0.3 is 9.47 Å². The molecule has 0 amide bonds. The second-order valence-corrected chi connectivity index (χ2v) is 10.6. The Kier molecular flexibility index (Phi) is 7.15. The summed E-state index contributed by atoms with van der Waals surface area (Å²) >= 11 is 0. The van der Waals surface area contributed by atoms with E-state index in [4.69, 9.17) is 19.5 Å². The third-order valence-electron chi connectivity index (χ3n) is 8.08. The first-order chi connectivity index (χ1) is 20.0. The summed E-state index contributed by atoms with van der Waals surface area (Å²) in [5, 5.41) is 0. The summed E-state index contributed by atoms with van der Waals surface area (Å²) in [4.78, 5) is 10.6. The van der Waals surface area contributed by atoms with Crippen LogP contribution in [0.25, 0.3) is 12.2 Å². The predicted octanol–water partition coefficient (Wildman–Crippen LogP) is 8.38. The van der Waals surface area contributed by atoms with E-state index in [1.165, 1.54) is 0 Å². The smallest absolute Gasteiger partial charge is 0.209 e. The van der Waals surface area contributed by atoms with E-state index >= 15 is 0 Å². The number of ether oxygens (including phenoxy) is 2. The van der Waals surface area contributed by atoms with Gasteiger partial charge in [-0.15, -0.1) is 0 Å². The Morgan fingerprint density at radius 2 is 0.927 bits per heavy atom. The molecule has 4 aromatic carbocycles. The number of hydrogen-bond donors (Lipinski definition) is 0. The van der Waals surface area contributed by atoms with Crippen molar-refractivity contribution in [3.8, 4) is 0 Å². The lowest BCUT2D eigenvalue weighted by Gasteiger charge is -2.34. The average Bonchev–Trinajstić information content (AvgIpc) is 3.62. The first kappa shape index (κ1) is 26.5. The highest BCUT2D eigenvalue weighted by Gasteiger charge is 2.54. The molecule has 0 spiro atoms. The maximum Gasteiger partial charge on any atom is 0.209 e. The fourth-order valence-electron chi connectivity index (χ4n) is 5.86. The van der Waals surface area contributed by atoms with Gasteiger partial charge in [-0.1, -0.05) is 135 Å². The van der Waals surface area contributed by atoms with E-state index in [1.807, 2.05) is 48.6 Å². The largest absolute Gasteiger partial charge is 0.474 e. The molecule has 0 saturated carbocycles. The molecule has 4 nitrogen and oxygen atoms in total. The molecule has 204 valence electrons. The Labute approximate surface area is 242 Å². The van der Waals surface area contributed by atoms with Gasteiger partial charge in [0.15, 0.2) is 5.41 Å². The second-order valence-electron chi connectivity index (χ2n) is 10.6. The molecule has 4 aromatic rings. The lowest BCUT2D eigenvalue weighted by atomic mass is 9.73. The van der Waals surface area contributed by atoms with Crippen LogP contribution in [0.4, 0.5) is 0 Å². The standard InChI is InChI=1S/C37H34N2O2/c1-5-27-17-21-31(22-18-27)37(32-23-19-28(6-2)20-24-32,35-38-33(25(3)40-35)29-13-9-7-10-14-29)36-39-34(26(4)41-36)30-15-11-8-12-16-30/h5-26,33-34H,1-2H2,3-4H3. The molecule has 2 heterocycles. The molecule has 6 rings (SSSR count). The van der Waals surface area contributed by atoms with Gasteiger partial charge >= 0.3 is 0 Å². The molecule has 2 aliphatic rings. The third-order valence-corrected chi connectivity index (χ3v) is 8.08. The van der Waals surface area contributed by atoms with Crippen LogP contribution in [0.2, 0.25) is 0 Å². The Morgan fingerprint density at radius 1 is 0.561 bits per heavy atom. The van der Waals surface area contributed by atoms with E-state index in [9.17, 15) is 0 Å². The lowest BCUT2D eigenvalue weighted by molar-refractivity contribution is 0.188. The van der Waals surface area contributed by atoms with E-state index in [1.54, 1.807) is 0 Å². The molecule has 0 radical (unpaired) electrons. The summed E-state index contributed by atoms with van der Waals surface area (Å²) in [5.41, 5.74) is 5.20. The Hall–Kier alpha value is -4.70. The zero-order chi connectivity index (χ0) is 28.4. The van der Waals surface area contributed by atoms with Crippen LogP contribution in [-0.4, -0.2) is 24.0 Å². The van der Waals surface area contributed by atoms with Crippen molar-refractivity contribution in [2.45, 2.75) is 43.6 Å². The maximum atomic E-state index is 6.75. The molecule has 4 unspecified atom stereocenters. The topological polar surface area (TPSA) is 43.2 Å². The van der Waals surface area contributed by atoms with Crippen molar-refractivity contribution in [1.29, 1.82) is 0 Å². The monoisotopic (exact) mass is 538 g/mol. The van der Waals surface area contributed by atoms with Crippen molar-refractivity contribution in [3.05, 3.63) is 156 Å². The minimum atomic E-state index is -1.00. The lowest BCUT2D eigenvalue weighted by Crippen LogP contribution is -2.46. The van der Waals surface area contributed by atoms with Gasteiger partial charge in [-0.3, -0.25) is 0 Å². The van der Waals surface area contributed by atoms with Crippen LogP contribution in [0.1, 0.15) is 59.3 Å². The van der Waals surface area contributed by atoms with Crippen LogP contribution in [0.15, 0.2) is 132 Å². The SMILES string of the molecule is C=Cc1ccc(C(C2=NC(c3ccccc3)C(C)O2)(C2=NC(c3ccccc3)C(C)O2)c2ccc(C=C)cc2)cc1. The molecule has 0 N–H and O–H groups in total. The number of nitrogens with zero attached hydrogens (tertiary/aromatic N) is 2. The predicted molar refractivity (Wildman–Crippen MR) is 168 cm³/mol. The summed E-state index contributed by atoms with van der Waals surface area (Å²) < 4.78 is 13.5. The van der Waals surface area contributed by atoms with E-state index in [0.29, 0.717) is 11.8 Å². The number of benzene rings is 4. The summed E-state index contributed by atoms with van der Waals surface area (Å²) in [6.45, 7) is 12.1. The molecule has 4 atom stereocenters. The van der Waals surface area contributed by atoms with E-state index < -0.39 is 5.41 Å². The second kappa shape index (κ2) is 11.1. The van der Waals surface area contributed by atoms with Gasteiger partial charge in [-0.25, -0.2) is 9.98 Å². The molecule has 0 aromatic heterocycles. The minimum absolute atomic E-state index is 0.158. The van der Waals surface area contributed by atoms with Crippen LogP contribution in [0.5, 0.6) is 0 Å². The Bertz CT molecular complexity index is 1470. The molecule has 0 fully saturated rings. The maximum absolute atomic E-state index is 6.75. The van der Waals surface area contributed by atoms with E-state index in [-0.39, 0.29) is 24.3 Å². The van der Waals surface area contributed by atoms with Crippen molar-refractivity contribution in [1.82, 2.24) is 0 Å². The van der Waals surface area contributed by atoms with E-state index in [0.717, 1.165) is 33.4 Å². The van der Waals surface area contributed by atoms with Gasteiger partial charge in [0.05, 0.1) is 0 Å². The molecule has 0 bridgehead atoms. The van der Waals surface area contributed by atoms with Gasteiger partial charge in [0, 0.05) is 0 Å². The Morgan fingerprint density at radius 3 is 1.27 bits per heavy atom. The number of aliphatic imine (C=N–C) groups is 2. The first-order valence-corrected chi connectivity index (χ1v) is 14.1. The van der Waals surface area contributed by atoms with Gasteiger partial charge in [-0.05, 0) is 47.2 Å². The van der Waals surface area contributed by atoms with Crippen LogP contribution < -0.4 is 0 Å². The average molecular weight is 539 g/mol. The minimum Gasteiger partial charge on any atom is -0.474 e. The van der Waals surface area contributed by atoms with Crippen LogP contribution in [0, 0.1) is 0 Å². The molecule has 41 heavy (non-hydrogen) atoms. The quantitative estimate of drug-likeness (QED) is 0.226. The highest BCUT2D eigenvalue weighted by molar-refractivity contribution is 6.15. The van der Waals surface area contributed by atoms with E-state index in [2.05, 4.69) is 99.8 Å². The van der Waals surface area contributed by atoms with Crippen molar-refractivity contribution in [3.63, 3.8) is 0 Å². The van der Waals surface area contributed by atoms with Crippen molar-refractivity contribution in [2.24, 2.45) is 9.98 Å². The molecule has 0 aliphatic carbocycles. The number of rotatable bonds is 8. The van der Waals surface area contributed by atoms with Crippen molar-refractivity contribution < 1.29 is 9.47 Å².